The van der Waals surface area contributed by atoms with E-state index < -0.39 is 0 Å². The third kappa shape index (κ3) is 1.59. The highest BCUT2D eigenvalue weighted by Crippen LogP contribution is 2.55. The normalized spacial score (nSPS) is 20.1. The molecule has 1 aliphatic carbocycles. The molecule has 1 aromatic carbocycles. The van der Waals surface area contributed by atoms with Gasteiger partial charge in [-0.2, -0.15) is 0 Å². The molecule has 0 heterocycles. The zero-order valence-corrected chi connectivity index (χ0v) is 8.79. The minimum Gasteiger partial charge on any atom is -0.299 e. The van der Waals surface area contributed by atoms with E-state index in [-0.39, 0.29) is 11.3 Å². The third-order valence-electron chi connectivity index (χ3n) is 3.28. The average Bonchev–Trinajstić information content (AvgIpc) is 2.85. The van der Waals surface area contributed by atoms with Gasteiger partial charge in [-0.3, -0.25) is 4.79 Å². The van der Waals surface area contributed by atoms with Gasteiger partial charge >= 0.3 is 0 Å². The first kappa shape index (κ1) is 9.45. The van der Waals surface area contributed by atoms with Gasteiger partial charge in [0.25, 0.3) is 0 Å². The molecule has 1 heteroatoms. The van der Waals surface area contributed by atoms with Gasteiger partial charge in [0.15, 0.2) is 0 Å². The molecule has 0 spiro atoms. The Morgan fingerprint density at radius 3 is 2.29 bits per heavy atom. The van der Waals surface area contributed by atoms with Gasteiger partial charge in [0.2, 0.25) is 0 Å². The van der Waals surface area contributed by atoms with E-state index in [0.717, 1.165) is 0 Å². The van der Waals surface area contributed by atoms with Crippen molar-refractivity contribution in [2.75, 3.05) is 0 Å². The van der Waals surface area contributed by atoms with E-state index in [2.05, 4.69) is 19.1 Å². The fraction of sp³-hybridized carbons (Fsp3) is 0.462. The van der Waals surface area contributed by atoms with Crippen molar-refractivity contribution >= 4 is 5.78 Å². The molecule has 1 nitrogen and oxygen atoms in total. The summed E-state index contributed by atoms with van der Waals surface area (Å²) in [5.41, 5.74) is 1.42. The van der Waals surface area contributed by atoms with Crippen LogP contribution in [-0.2, 0) is 4.79 Å². The Morgan fingerprint density at radius 2 is 1.86 bits per heavy atom. The Balaban J connectivity index is 2.33. The van der Waals surface area contributed by atoms with Gasteiger partial charge in [-0.15, -0.1) is 0 Å². The maximum atomic E-state index is 11.6. The van der Waals surface area contributed by atoms with Crippen molar-refractivity contribution in [3.63, 3.8) is 0 Å². The second-order valence-corrected chi connectivity index (χ2v) is 4.61. The van der Waals surface area contributed by atoms with Crippen molar-refractivity contribution in [1.82, 2.24) is 0 Å². The van der Waals surface area contributed by atoms with Gasteiger partial charge in [-0.05, 0) is 30.7 Å². The Kier molecular flexibility index (Phi) is 2.18. The summed E-state index contributed by atoms with van der Waals surface area (Å²) >= 11 is 0. The molecular formula is C13H16O. The third-order valence-corrected chi connectivity index (χ3v) is 3.28. The molecule has 0 radical (unpaired) electrons. The van der Waals surface area contributed by atoms with Crippen molar-refractivity contribution < 1.29 is 4.79 Å². The number of rotatable bonds is 3. The lowest BCUT2D eigenvalue weighted by atomic mass is 9.82. The second-order valence-electron chi connectivity index (χ2n) is 4.61. The lowest BCUT2D eigenvalue weighted by Gasteiger charge is -2.20. The molecule has 0 bridgehead atoms. The molecule has 0 N–H and O–H groups in total. The predicted molar refractivity (Wildman–Crippen MR) is 57.2 cm³/mol. The van der Waals surface area contributed by atoms with Gasteiger partial charge in [-0.1, -0.05) is 37.3 Å². The molecule has 1 saturated carbocycles. The van der Waals surface area contributed by atoms with Crippen molar-refractivity contribution in [3.8, 4) is 0 Å². The predicted octanol–water partition coefficient (Wildman–Crippen LogP) is 3.16. The highest BCUT2D eigenvalue weighted by molar-refractivity contribution is 5.84. The molecule has 1 atom stereocenters. The van der Waals surface area contributed by atoms with E-state index >= 15 is 0 Å². The molecule has 74 valence electrons. The van der Waals surface area contributed by atoms with Gasteiger partial charge in [0, 0.05) is 5.92 Å². The first-order valence-corrected chi connectivity index (χ1v) is 5.19. The Hall–Kier alpha value is -1.11. The van der Waals surface area contributed by atoms with Crippen molar-refractivity contribution in [1.29, 1.82) is 0 Å². The summed E-state index contributed by atoms with van der Waals surface area (Å²) in [5.74, 6) is 0.417. The average molecular weight is 188 g/mol. The van der Waals surface area contributed by atoms with Gasteiger partial charge in [0.05, 0.1) is 0 Å². The standard InChI is InChI=1S/C13H16O/c1-10(14)12(13(2)8-9-13)11-6-4-3-5-7-11/h3-7,12H,8-9H2,1-2H3. The molecule has 0 aliphatic heterocycles. The second kappa shape index (κ2) is 3.23. The van der Waals surface area contributed by atoms with E-state index in [0.29, 0.717) is 5.78 Å². The van der Waals surface area contributed by atoms with Crippen LogP contribution in [0.4, 0.5) is 0 Å². The number of hydrogen-bond donors (Lipinski definition) is 0. The summed E-state index contributed by atoms with van der Waals surface area (Å²) in [7, 11) is 0. The number of hydrogen-bond acceptors (Lipinski definition) is 1. The highest BCUT2D eigenvalue weighted by Gasteiger charge is 2.47. The van der Waals surface area contributed by atoms with Crippen molar-refractivity contribution in [2.24, 2.45) is 5.41 Å². The molecule has 2 rings (SSSR count). The molecule has 1 unspecified atom stereocenters. The summed E-state index contributed by atoms with van der Waals surface area (Å²) in [6.45, 7) is 3.92. The first-order valence-electron chi connectivity index (χ1n) is 5.19. The first-order chi connectivity index (χ1) is 6.63. The summed E-state index contributed by atoms with van der Waals surface area (Å²) in [5, 5.41) is 0. The monoisotopic (exact) mass is 188 g/mol. The van der Waals surface area contributed by atoms with Crippen LogP contribution in [0.5, 0.6) is 0 Å². The van der Waals surface area contributed by atoms with E-state index in [9.17, 15) is 4.79 Å². The number of carbonyl (C=O) groups is 1. The fourth-order valence-corrected chi connectivity index (χ4v) is 2.26. The minimum atomic E-state index is 0.115. The van der Waals surface area contributed by atoms with Crippen LogP contribution in [0.2, 0.25) is 0 Å². The smallest absolute Gasteiger partial charge is 0.137 e. The highest BCUT2D eigenvalue weighted by atomic mass is 16.1. The van der Waals surface area contributed by atoms with E-state index in [4.69, 9.17) is 0 Å². The molecule has 0 amide bonds. The summed E-state index contributed by atoms with van der Waals surface area (Å²) < 4.78 is 0. The topological polar surface area (TPSA) is 17.1 Å². The zero-order valence-electron chi connectivity index (χ0n) is 8.79. The summed E-state index contributed by atoms with van der Waals surface area (Å²) in [6, 6.07) is 10.1. The van der Waals surface area contributed by atoms with Gasteiger partial charge in [-0.25, -0.2) is 0 Å². The van der Waals surface area contributed by atoms with Gasteiger partial charge < -0.3 is 0 Å². The maximum Gasteiger partial charge on any atom is 0.137 e. The minimum absolute atomic E-state index is 0.115. The molecule has 14 heavy (non-hydrogen) atoms. The number of carbonyl (C=O) groups excluding carboxylic acids is 1. The Morgan fingerprint density at radius 1 is 1.29 bits per heavy atom. The number of ketones is 1. The van der Waals surface area contributed by atoms with Crippen LogP contribution in [0.3, 0.4) is 0 Å². The van der Waals surface area contributed by atoms with Crippen molar-refractivity contribution in [2.45, 2.75) is 32.6 Å². The van der Waals surface area contributed by atoms with Crippen LogP contribution in [0.15, 0.2) is 30.3 Å². The Bertz CT molecular complexity index is 336. The molecular weight excluding hydrogens is 172 g/mol. The summed E-state index contributed by atoms with van der Waals surface area (Å²) in [6.07, 6.45) is 2.37. The van der Waals surface area contributed by atoms with Gasteiger partial charge in [0.1, 0.15) is 5.78 Å². The molecule has 1 aliphatic rings. The summed E-state index contributed by atoms with van der Waals surface area (Å²) in [4.78, 5) is 11.6. The van der Waals surface area contributed by atoms with E-state index in [1.807, 2.05) is 18.2 Å². The SMILES string of the molecule is CC(=O)C(c1ccccc1)C1(C)CC1. The maximum absolute atomic E-state index is 11.6. The number of Topliss-reactive ketones (excluding diaryl/α,β-unsaturated/α-hetero) is 1. The van der Waals surface area contributed by atoms with E-state index in [1.165, 1.54) is 18.4 Å². The zero-order chi connectivity index (χ0) is 10.2. The van der Waals surface area contributed by atoms with Crippen LogP contribution in [0, 0.1) is 5.41 Å². The quantitative estimate of drug-likeness (QED) is 0.712. The lowest BCUT2D eigenvalue weighted by molar-refractivity contribution is -0.119. The number of benzene rings is 1. The molecule has 0 saturated heterocycles. The largest absolute Gasteiger partial charge is 0.299 e. The lowest BCUT2D eigenvalue weighted by Crippen LogP contribution is -2.18. The van der Waals surface area contributed by atoms with Crippen molar-refractivity contribution in [3.05, 3.63) is 35.9 Å². The van der Waals surface area contributed by atoms with E-state index in [1.54, 1.807) is 6.92 Å². The Labute approximate surface area is 85.1 Å². The fourth-order valence-electron chi connectivity index (χ4n) is 2.26. The van der Waals surface area contributed by atoms with Crippen LogP contribution in [0.1, 0.15) is 38.2 Å². The van der Waals surface area contributed by atoms with Crippen LogP contribution >= 0.6 is 0 Å². The van der Waals surface area contributed by atoms with Crippen LogP contribution in [-0.4, -0.2) is 5.78 Å². The molecule has 1 aromatic rings. The molecule has 1 fully saturated rings. The van der Waals surface area contributed by atoms with Crippen LogP contribution in [0.25, 0.3) is 0 Å². The van der Waals surface area contributed by atoms with Crippen LogP contribution < -0.4 is 0 Å². The molecule has 0 aromatic heterocycles.